The molecule has 0 aromatic heterocycles. The summed E-state index contributed by atoms with van der Waals surface area (Å²) < 4.78 is 5.09. The van der Waals surface area contributed by atoms with Gasteiger partial charge in [-0.2, -0.15) is 5.26 Å². The van der Waals surface area contributed by atoms with Crippen molar-refractivity contribution in [2.24, 2.45) is 0 Å². The summed E-state index contributed by atoms with van der Waals surface area (Å²) in [6, 6.07) is 6.94. The van der Waals surface area contributed by atoms with E-state index in [2.05, 4.69) is 19.2 Å². The van der Waals surface area contributed by atoms with E-state index in [0.29, 0.717) is 16.5 Å². The number of hydrogen-bond acceptors (Lipinski definition) is 4. The molecule has 0 atom stereocenters. The normalized spacial score (nSPS) is 10.9. The summed E-state index contributed by atoms with van der Waals surface area (Å²) >= 11 is 6.06. The number of nitrogens with zero attached hydrogens (tertiary/aromatic N) is 2. The van der Waals surface area contributed by atoms with Crippen LogP contribution in [0.3, 0.4) is 0 Å². The van der Waals surface area contributed by atoms with Crippen LogP contribution in [0.4, 0.5) is 5.69 Å². The molecular formula is C19H26ClN3O2. The predicted octanol–water partition coefficient (Wildman–Crippen LogP) is 4.60. The highest BCUT2D eigenvalue weighted by Gasteiger charge is 2.12. The van der Waals surface area contributed by atoms with E-state index in [1.54, 1.807) is 24.4 Å². The summed E-state index contributed by atoms with van der Waals surface area (Å²) in [6.45, 7) is 5.91. The Balaban J connectivity index is 2.86. The van der Waals surface area contributed by atoms with Crippen LogP contribution in [0.15, 0.2) is 30.0 Å². The van der Waals surface area contributed by atoms with Gasteiger partial charge in [-0.25, -0.2) is 0 Å². The summed E-state index contributed by atoms with van der Waals surface area (Å²) in [5.41, 5.74) is 0.602. The Labute approximate surface area is 155 Å². The molecule has 25 heavy (non-hydrogen) atoms. The van der Waals surface area contributed by atoms with E-state index in [1.165, 1.54) is 7.11 Å². The third-order valence-corrected chi connectivity index (χ3v) is 3.98. The maximum atomic E-state index is 12.4. The minimum Gasteiger partial charge on any atom is -0.495 e. The van der Waals surface area contributed by atoms with E-state index in [0.717, 1.165) is 38.8 Å². The molecule has 1 aromatic carbocycles. The van der Waals surface area contributed by atoms with Gasteiger partial charge in [-0.05, 0) is 31.0 Å². The zero-order chi connectivity index (χ0) is 18.7. The number of carbonyl (C=O) groups is 1. The van der Waals surface area contributed by atoms with E-state index in [9.17, 15) is 10.1 Å². The molecule has 0 aliphatic rings. The zero-order valence-electron chi connectivity index (χ0n) is 15.1. The molecule has 1 aromatic rings. The van der Waals surface area contributed by atoms with Crippen molar-refractivity contribution >= 4 is 23.2 Å². The third kappa shape index (κ3) is 7.06. The SMILES string of the molecule is CCCCN(/C=C(/C#N)C(=O)Nc1ccc(OC)c(Cl)c1)CCCC. The highest BCUT2D eigenvalue weighted by atomic mass is 35.5. The van der Waals surface area contributed by atoms with Gasteiger partial charge >= 0.3 is 0 Å². The summed E-state index contributed by atoms with van der Waals surface area (Å²) in [5, 5.41) is 12.5. The Kier molecular flexibility index (Phi) is 9.49. The average Bonchev–Trinajstić information content (AvgIpc) is 2.61. The number of rotatable bonds is 10. The van der Waals surface area contributed by atoms with Crippen LogP contribution in [0, 0.1) is 11.3 Å². The number of hydrogen-bond donors (Lipinski definition) is 1. The lowest BCUT2D eigenvalue weighted by molar-refractivity contribution is -0.112. The lowest BCUT2D eigenvalue weighted by Crippen LogP contribution is -2.23. The lowest BCUT2D eigenvalue weighted by atomic mass is 10.2. The lowest BCUT2D eigenvalue weighted by Gasteiger charge is -2.20. The first kappa shape index (κ1) is 20.9. The molecule has 0 radical (unpaired) electrons. The van der Waals surface area contributed by atoms with Crippen molar-refractivity contribution < 1.29 is 9.53 Å². The molecule has 0 saturated heterocycles. The molecule has 5 nitrogen and oxygen atoms in total. The average molecular weight is 364 g/mol. The van der Waals surface area contributed by atoms with E-state index < -0.39 is 5.91 Å². The van der Waals surface area contributed by atoms with Gasteiger partial charge in [0.15, 0.2) is 0 Å². The molecule has 1 amide bonds. The maximum absolute atomic E-state index is 12.4. The van der Waals surface area contributed by atoms with Gasteiger partial charge in [0, 0.05) is 25.0 Å². The van der Waals surface area contributed by atoms with E-state index >= 15 is 0 Å². The van der Waals surface area contributed by atoms with Crippen molar-refractivity contribution in [3.8, 4) is 11.8 Å². The molecule has 1 N–H and O–H groups in total. The quantitative estimate of drug-likeness (QED) is 0.487. The first-order valence-corrected chi connectivity index (χ1v) is 8.94. The number of halogens is 1. The Morgan fingerprint density at radius 2 is 1.96 bits per heavy atom. The molecule has 1 rings (SSSR count). The topological polar surface area (TPSA) is 65.4 Å². The number of nitriles is 1. The Bertz CT molecular complexity index is 630. The number of benzene rings is 1. The van der Waals surface area contributed by atoms with Crippen molar-refractivity contribution in [1.82, 2.24) is 4.90 Å². The third-order valence-electron chi connectivity index (χ3n) is 3.68. The summed E-state index contributed by atoms with van der Waals surface area (Å²) in [5.74, 6) is 0.0859. The zero-order valence-corrected chi connectivity index (χ0v) is 15.9. The Morgan fingerprint density at radius 3 is 2.44 bits per heavy atom. The van der Waals surface area contributed by atoms with Crippen LogP contribution >= 0.6 is 11.6 Å². The molecule has 0 unspecified atom stereocenters. The molecular weight excluding hydrogens is 338 g/mol. The highest BCUT2D eigenvalue weighted by Crippen LogP contribution is 2.27. The Morgan fingerprint density at radius 1 is 1.32 bits per heavy atom. The number of unbranched alkanes of at least 4 members (excludes halogenated alkanes) is 2. The van der Waals surface area contributed by atoms with Crippen LogP contribution in [0.1, 0.15) is 39.5 Å². The fourth-order valence-electron chi connectivity index (χ4n) is 2.23. The summed E-state index contributed by atoms with van der Waals surface area (Å²) in [6.07, 6.45) is 5.83. The first-order chi connectivity index (χ1) is 12.0. The van der Waals surface area contributed by atoms with Crippen LogP contribution in [-0.2, 0) is 4.79 Å². The smallest absolute Gasteiger partial charge is 0.267 e. The van der Waals surface area contributed by atoms with Crippen LogP contribution in [0.5, 0.6) is 5.75 Å². The summed E-state index contributed by atoms with van der Waals surface area (Å²) in [7, 11) is 1.52. The molecule has 136 valence electrons. The fourth-order valence-corrected chi connectivity index (χ4v) is 2.48. The largest absolute Gasteiger partial charge is 0.495 e. The second-order valence-electron chi connectivity index (χ2n) is 5.70. The molecule has 6 heteroatoms. The minimum atomic E-state index is -0.443. The molecule has 0 bridgehead atoms. The minimum absolute atomic E-state index is 0.0825. The van der Waals surface area contributed by atoms with Gasteiger partial charge in [-0.15, -0.1) is 0 Å². The number of amides is 1. The van der Waals surface area contributed by atoms with Crippen LogP contribution in [-0.4, -0.2) is 31.0 Å². The monoisotopic (exact) mass is 363 g/mol. The number of carbonyl (C=O) groups excluding carboxylic acids is 1. The summed E-state index contributed by atoms with van der Waals surface area (Å²) in [4.78, 5) is 14.4. The number of methoxy groups -OCH3 is 1. The van der Waals surface area contributed by atoms with Crippen LogP contribution in [0.2, 0.25) is 5.02 Å². The highest BCUT2D eigenvalue weighted by molar-refractivity contribution is 6.32. The Hall–Kier alpha value is -2.19. The fraction of sp³-hybridized carbons (Fsp3) is 0.474. The number of ether oxygens (including phenoxy) is 1. The molecule has 0 saturated carbocycles. The van der Waals surface area contributed by atoms with Crippen molar-refractivity contribution in [3.63, 3.8) is 0 Å². The second-order valence-corrected chi connectivity index (χ2v) is 6.11. The van der Waals surface area contributed by atoms with Crippen molar-refractivity contribution in [1.29, 1.82) is 5.26 Å². The standard InChI is InChI=1S/C19H26ClN3O2/c1-4-6-10-23(11-7-5-2)14-15(13-21)19(24)22-16-8-9-18(25-3)17(20)12-16/h8-9,12,14H,4-7,10-11H2,1-3H3,(H,22,24)/b15-14-. The molecule has 0 spiro atoms. The van der Waals surface area contributed by atoms with Crippen molar-refractivity contribution in [2.45, 2.75) is 39.5 Å². The van der Waals surface area contributed by atoms with E-state index in [-0.39, 0.29) is 5.57 Å². The van der Waals surface area contributed by atoms with Gasteiger partial charge in [0.2, 0.25) is 0 Å². The molecule has 0 heterocycles. The van der Waals surface area contributed by atoms with Gasteiger partial charge in [-0.3, -0.25) is 4.79 Å². The molecule has 0 fully saturated rings. The number of nitrogens with one attached hydrogen (secondary N) is 1. The van der Waals surface area contributed by atoms with E-state index in [1.807, 2.05) is 11.0 Å². The van der Waals surface area contributed by atoms with Gasteiger partial charge in [0.1, 0.15) is 17.4 Å². The predicted molar refractivity (Wildman–Crippen MR) is 102 cm³/mol. The van der Waals surface area contributed by atoms with E-state index in [4.69, 9.17) is 16.3 Å². The molecule has 0 aliphatic carbocycles. The van der Waals surface area contributed by atoms with Crippen LogP contribution in [0.25, 0.3) is 0 Å². The van der Waals surface area contributed by atoms with Gasteiger partial charge in [-0.1, -0.05) is 38.3 Å². The van der Waals surface area contributed by atoms with Gasteiger partial charge in [0.25, 0.3) is 5.91 Å². The van der Waals surface area contributed by atoms with Crippen LogP contribution < -0.4 is 10.1 Å². The first-order valence-electron chi connectivity index (χ1n) is 8.56. The maximum Gasteiger partial charge on any atom is 0.267 e. The van der Waals surface area contributed by atoms with Gasteiger partial charge < -0.3 is 15.0 Å². The molecule has 0 aliphatic heterocycles. The number of anilines is 1. The van der Waals surface area contributed by atoms with Crippen molar-refractivity contribution in [3.05, 3.63) is 35.0 Å². The second kappa shape index (κ2) is 11.4. The van der Waals surface area contributed by atoms with Gasteiger partial charge in [0.05, 0.1) is 12.1 Å². The van der Waals surface area contributed by atoms with Crippen molar-refractivity contribution in [2.75, 3.05) is 25.5 Å².